The van der Waals surface area contributed by atoms with Gasteiger partial charge >= 0.3 is 0 Å². The maximum absolute atomic E-state index is 10.8. The molecule has 0 saturated heterocycles. The van der Waals surface area contributed by atoms with E-state index in [4.69, 9.17) is 0 Å². The number of para-hydroxylation sites is 1. The third kappa shape index (κ3) is 1.85. The summed E-state index contributed by atoms with van der Waals surface area (Å²) in [4.78, 5) is 13.1. The normalized spacial score (nSPS) is 13.5. The van der Waals surface area contributed by atoms with Crippen LogP contribution in [0.3, 0.4) is 0 Å². The van der Waals surface area contributed by atoms with Gasteiger partial charge in [0.2, 0.25) is 0 Å². The molecule has 0 fully saturated rings. The number of carbonyl (C=O) groups is 1. The van der Waals surface area contributed by atoms with Crippen molar-refractivity contribution in [1.29, 1.82) is 0 Å². The quantitative estimate of drug-likeness (QED) is 0.783. The number of hydrogen-bond acceptors (Lipinski definition) is 2. The van der Waals surface area contributed by atoms with E-state index in [2.05, 4.69) is 45.1 Å². The number of benzene rings is 2. The zero-order valence-corrected chi connectivity index (χ0v) is 11.4. The maximum Gasteiger partial charge on any atom is 0.151 e. The van der Waals surface area contributed by atoms with Gasteiger partial charge in [-0.25, -0.2) is 0 Å². The molecule has 2 aromatic rings. The van der Waals surface area contributed by atoms with Crippen LogP contribution in [-0.2, 0) is 6.42 Å². The molecule has 0 N–H and O–H groups in total. The van der Waals surface area contributed by atoms with Crippen LogP contribution < -0.4 is 4.90 Å². The van der Waals surface area contributed by atoms with Gasteiger partial charge in [0.25, 0.3) is 0 Å². The fraction of sp³-hybridized carbons (Fsp3) is 0.133. The van der Waals surface area contributed by atoms with Gasteiger partial charge in [-0.15, -0.1) is 0 Å². The first-order chi connectivity index (χ1) is 8.79. The van der Waals surface area contributed by atoms with Crippen molar-refractivity contribution < 1.29 is 4.79 Å². The van der Waals surface area contributed by atoms with E-state index in [1.807, 2.05) is 18.2 Å². The summed E-state index contributed by atoms with van der Waals surface area (Å²) >= 11 is 3.44. The Balaban J connectivity index is 2.02. The first-order valence-electron chi connectivity index (χ1n) is 5.90. The fourth-order valence-electron chi connectivity index (χ4n) is 2.39. The van der Waals surface area contributed by atoms with Crippen LogP contribution in [0.4, 0.5) is 11.4 Å². The topological polar surface area (TPSA) is 20.3 Å². The first kappa shape index (κ1) is 11.5. The van der Waals surface area contributed by atoms with Gasteiger partial charge in [0.05, 0.1) is 0 Å². The molecule has 0 radical (unpaired) electrons. The van der Waals surface area contributed by atoms with Crippen LogP contribution in [0.25, 0.3) is 0 Å². The molecule has 0 unspecified atom stereocenters. The highest BCUT2D eigenvalue weighted by Crippen LogP contribution is 2.35. The minimum absolute atomic E-state index is 0.686. The number of nitrogens with zero attached hydrogens (tertiary/aromatic N) is 1. The lowest BCUT2D eigenvalue weighted by atomic mass is 10.1. The number of anilines is 2. The number of halogens is 1. The molecule has 1 heterocycles. The summed E-state index contributed by atoms with van der Waals surface area (Å²) in [5.74, 6) is 0. The molecule has 0 amide bonds. The summed E-state index contributed by atoms with van der Waals surface area (Å²) < 4.78 is 0.847. The standard InChI is InChI=1S/C15H12BrNO/c16-14-9-13(6-5-12(14)10-18)17-8-7-11-3-1-2-4-15(11)17/h1-6,9-10H,7-8H2. The molecule has 1 aliphatic rings. The molecule has 0 aromatic heterocycles. The molecule has 0 bridgehead atoms. The van der Waals surface area contributed by atoms with Gasteiger partial charge in [-0.3, -0.25) is 4.79 Å². The zero-order valence-electron chi connectivity index (χ0n) is 9.77. The van der Waals surface area contributed by atoms with Crippen LogP contribution in [0.1, 0.15) is 15.9 Å². The predicted octanol–water partition coefficient (Wildman–Crippen LogP) is 3.96. The Labute approximate surface area is 114 Å². The second-order valence-corrected chi connectivity index (χ2v) is 5.21. The van der Waals surface area contributed by atoms with E-state index in [1.165, 1.54) is 11.3 Å². The molecule has 3 heteroatoms. The van der Waals surface area contributed by atoms with Crippen LogP contribution in [0.2, 0.25) is 0 Å². The monoisotopic (exact) mass is 301 g/mol. The highest BCUT2D eigenvalue weighted by molar-refractivity contribution is 9.10. The molecule has 0 aliphatic carbocycles. The number of rotatable bonds is 2. The van der Waals surface area contributed by atoms with Crippen molar-refractivity contribution in [3.05, 3.63) is 58.1 Å². The van der Waals surface area contributed by atoms with Crippen LogP contribution in [0, 0.1) is 0 Å². The SMILES string of the molecule is O=Cc1ccc(N2CCc3ccccc32)cc1Br. The van der Waals surface area contributed by atoms with Gasteiger partial charge in [0.1, 0.15) is 0 Å². The number of hydrogen-bond donors (Lipinski definition) is 0. The molecule has 0 atom stereocenters. The lowest BCUT2D eigenvalue weighted by molar-refractivity contribution is 0.112. The third-order valence-corrected chi connectivity index (χ3v) is 4.00. The molecule has 2 aromatic carbocycles. The summed E-state index contributed by atoms with van der Waals surface area (Å²) in [5.41, 5.74) is 4.46. The van der Waals surface area contributed by atoms with Crippen LogP contribution in [-0.4, -0.2) is 12.8 Å². The predicted molar refractivity (Wildman–Crippen MR) is 76.7 cm³/mol. The van der Waals surface area contributed by atoms with E-state index in [0.717, 1.165) is 29.4 Å². The van der Waals surface area contributed by atoms with Crippen LogP contribution in [0.15, 0.2) is 46.9 Å². The Morgan fingerprint density at radius 3 is 2.78 bits per heavy atom. The molecule has 90 valence electrons. The van der Waals surface area contributed by atoms with Gasteiger partial charge in [-0.05, 0) is 52.2 Å². The largest absolute Gasteiger partial charge is 0.341 e. The lowest BCUT2D eigenvalue weighted by Crippen LogP contribution is -2.13. The molecular weight excluding hydrogens is 290 g/mol. The summed E-state index contributed by atoms with van der Waals surface area (Å²) in [6, 6.07) is 14.3. The van der Waals surface area contributed by atoms with E-state index in [0.29, 0.717) is 5.56 Å². The van der Waals surface area contributed by atoms with Crippen molar-refractivity contribution in [2.24, 2.45) is 0 Å². The molecule has 18 heavy (non-hydrogen) atoms. The lowest BCUT2D eigenvalue weighted by Gasteiger charge is -2.20. The van der Waals surface area contributed by atoms with Gasteiger partial charge in [-0.1, -0.05) is 18.2 Å². The summed E-state index contributed by atoms with van der Waals surface area (Å²) in [7, 11) is 0. The fourth-order valence-corrected chi connectivity index (χ4v) is 2.85. The van der Waals surface area contributed by atoms with Gasteiger partial charge in [0.15, 0.2) is 6.29 Å². The van der Waals surface area contributed by atoms with Crippen molar-refractivity contribution in [1.82, 2.24) is 0 Å². The minimum atomic E-state index is 0.686. The van der Waals surface area contributed by atoms with Gasteiger partial charge in [0, 0.05) is 28.0 Å². The van der Waals surface area contributed by atoms with Crippen molar-refractivity contribution in [2.75, 3.05) is 11.4 Å². The summed E-state index contributed by atoms with van der Waals surface area (Å²) in [6.45, 7) is 0.992. The van der Waals surface area contributed by atoms with E-state index in [1.54, 1.807) is 0 Å². The number of carbonyl (C=O) groups excluding carboxylic acids is 1. The minimum Gasteiger partial charge on any atom is -0.341 e. The summed E-state index contributed by atoms with van der Waals surface area (Å²) in [6.07, 6.45) is 1.94. The van der Waals surface area contributed by atoms with Crippen LogP contribution >= 0.6 is 15.9 Å². The number of aldehydes is 1. The van der Waals surface area contributed by atoms with E-state index >= 15 is 0 Å². The smallest absolute Gasteiger partial charge is 0.151 e. The summed E-state index contributed by atoms with van der Waals surface area (Å²) in [5, 5.41) is 0. The van der Waals surface area contributed by atoms with Crippen molar-refractivity contribution in [3.63, 3.8) is 0 Å². The van der Waals surface area contributed by atoms with E-state index < -0.39 is 0 Å². The Morgan fingerprint density at radius 1 is 1.17 bits per heavy atom. The Hall–Kier alpha value is -1.61. The average molecular weight is 302 g/mol. The van der Waals surface area contributed by atoms with E-state index in [9.17, 15) is 4.79 Å². The highest BCUT2D eigenvalue weighted by Gasteiger charge is 2.19. The zero-order chi connectivity index (χ0) is 12.5. The molecular formula is C15H12BrNO. The Bertz CT molecular complexity index is 609. The molecule has 0 spiro atoms. The maximum atomic E-state index is 10.8. The highest BCUT2D eigenvalue weighted by atomic mass is 79.9. The van der Waals surface area contributed by atoms with Gasteiger partial charge in [-0.2, -0.15) is 0 Å². The average Bonchev–Trinajstić information content (AvgIpc) is 2.82. The molecule has 2 nitrogen and oxygen atoms in total. The van der Waals surface area contributed by atoms with Crippen molar-refractivity contribution in [2.45, 2.75) is 6.42 Å². The Morgan fingerprint density at radius 2 is 2.00 bits per heavy atom. The van der Waals surface area contributed by atoms with Crippen molar-refractivity contribution in [3.8, 4) is 0 Å². The molecule has 0 saturated carbocycles. The van der Waals surface area contributed by atoms with Crippen LogP contribution in [0.5, 0.6) is 0 Å². The third-order valence-electron chi connectivity index (χ3n) is 3.31. The van der Waals surface area contributed by atoms with Crippen molar-refractivity contribution >= 4 is 33.6 Å². The second-order valence-electron chi connectivity index (χ2n) is 4.35. The first-order valence-corrected chi connectivity index (χ1v) is 6.69. The second kappa shape index (κ2) is 4.58. The number of fused-ring (bicyclic) bond motifs is 1. The molecule has 3 rings (SSSR count). The Kier molecular flexibility index (Phi) is 2.92. The van der Waals surface area contributed by atoms with E-state index in [-0.39, 0.29) is 0 Å². The molecule has 1 aliphatic heterocycles. The van der Waals surface area contributed by atoms with Gasteiger partial charge < -0.3 is 4.90 Å².